The highest BCUT2D eigenvalue weighted by Crippen LogP contribution is 2.17. The summed E-state index contributed by atoms with van der Waals surface area (Å²) in [5, 5.41) is 10.4. The number of hydrogen-bond acceptors (Lipinski definition) is 8. The lowest BCUT2D eigenvalue weighted by Gasteiger charge is -2.04. The molecule has 0 bridgehead atoms. The quantitative estimate of drug-likeness (QED) is 0.345. The van der Waals surface area contributed by atoms with Gasteiger partial charge in [0.25, 0.3) is 5.69 Å². The Kier molecular flexibility index (Phi) is 4.78. The van der Waals surface area contributed by atoms with E-state index < -0.39 is 26.1 Å². The number of non-ortho nitro benzene ring substituents is 1. The van der Waals surface area contributed by atoms with E-state index in [0.717, 1.165) is 24.3 Å². The van der Waals surface area contributed by atoms with Gasteiger partial charge in [-0.25, -0.2) is 0 Å². The molecule has 0 aliphatic heterocycles. The highest BCUT2D eigenvalue weighted by Gasteiger charge is 2.22. The third-order valence-corrected chi connectivity index (χ3v) is 2.96. The molecule has 19 heavy (non-hydrogen) atoms. The lowest BCUT2D eigenvalue weighted by molar-refractivity contribution is -0.384. The zero-order chi connectivity index (χ0) is 14.5. The fraction of sp³-hybridized carbons (Fsp3) is 0.222. The van der Waals surface area contributed by atoms with Crippen LogP contribution in [-0.2, 0) is 24.1 Å². The van der Waals surface area contributed by atoms with Crippen LogP contribution in [0.15, 0.2) is 29.2 Å². The Morgan fingerprint density at radius 3 is 2.37 bits per heavy atom. The molecule has 1 aromatic rings. The van der Waals surface area contributed by atoms with Crippen molar-refractivity contribution in [1.29, 1.82) is 0 Å². The van der Waals surface area contributed by atoms with E-state index in [1.165, 1.54) is 6.92 Å². The Hall–Kier alpha value is -2.20. The highest BCUT2D eigenvalue weighted by molar-refractivity contribution is 7.87. The first-order chi connectivity index (χ1) is 8.86. The van der Waals surface area contributed by atoms with Crippen molar-refractivity contribution >= 4 is 22.0 Å². The van der Waals surface area contributed by atoms with E-state index in [4.69, 9.17) is 0 Å². The molecule has 0 fully saturated rings. The molecule has 0 amide bonds. The summed E-state index contributed by atoms with van der Waals surface area (Å²) in [4.78, 5) is 28.3. The van der Waals surface area contributed by atoms with Gasteiger partial charge in [-0.3, -0.25) is 15.0 Å². The zero-order valence-corrected chi connectivity index (χ0v) is 10.5. The van der Waals surface area contributed by atoms with Gasteiger partial charge in [-0.05, 0) is 19.1 Å². The van der Waals surface area contributed by atoms with Crippen LogP contribution in [0.3, 0.4) is 0 Å². The topological polar surface area (TPSA) is 122 Å². The number of rotatable bonds is 5. The molecule has 0 aliphatic carbocycles. The molecule has 0 saturated carbocycles. The van der Waals surface area contributed by atoms with Gasteiger partial charge in [0.15, 0.2) is 0 Å². The normalized spacial score (nSPS) is 10.8. The van der Waals surface area contributed by atoms with Crippen LogP contribution in [0.4, 0.5) is 10.5 Å². The van der Waals surface area contributed by atoms with Gasteiger partial charge in [0.05, 0.1) is 11.5 Å². The highest BCUT2D eigenvalue weighted by atomic mass is 32.2. The van der Waals surface area contributed by atoms with Crippen molar-refractivity contribution in [2.45, 2.75) is 11.8 Å². The molecule has 104 valence electrons. The summed E-state index contributed by atoms with van der Waals surface area (Å²) in [5.41, 5.74) is -0.296. The van der Waals surface area contributed by atoms with Crippen molar-refractivity contribution in [3.05, 3.63) is 34.4 Å². The van der Waals surface area contributed by atoms with Crippen molar-refractivity contribution in [3.8, 4) is 0 Å². The van der Waals surface area contributed by atoms with E-state index in [1.807, 2.05) is 0 Å². The molecule has 9 nitrogen and oxygen atoms in total. The molecule has 0 saturated heterocycles. The molecule has 0 radical (unpaired) electrons. The molecule has 1 rings (SSSR count). The van der Waals surface area contributed by atoms with Crippen molar-refractivity contribution in [1.82, 2.24) is 0 Å². The average molecular weight is 291 g/mol. The molecule has 1 aromatic carbocycles. The standard InChI is InChI=1S/C9H9NO8S/c1-2-16-17-9(11)18-19(14,15)8-5-3-7(4-6-8)10(12)13/h3-6H,2H2,1H3. The lowest BCUT2D eigenvalue weighted by Crippen LogP contribution is -2.15. The Balaban J connectivity index is 2.82. The molecule has 0 unspecified atom stereocenters. The monoisotopic (exact) mass is 291 g/mol. The van der Waals surface area contributed by atoms with E-state index in [9.17, 15) is 23.3 Å². The van der Waals surface area contributed by atoms with Gasteiger partial charge in [0, 0.05) is 12.1 Å². The minimum Gasteiger partial charge on any atom is -0.306 e. The van der Waals surface area contributed by atoms with Crippen LogP contribution in [0.2, 0.25) is 0 Å². The fourth-order valence-electron chi connectivity index (χ4n) is 0.993. The smallest absolute Gasteiger partial charge is 0.306 e. The van der Waals surface area contributed by atoms with E-state index in [-0.39, 0.29) is 12.3 Å². The van der Waals surface area contributed by atoms with Gasteiger partial charge >= 0.3 is 16.3 Å². The van der Waals surface area contributed by atoms with E-state index >= 15 is 0 Å². The van der Waals surface area contributed by atoms with Crippen molar-refractivity contribution in [3.63, 3.8) is 0 Å². The van der Waals surface area contributed by atoms with Crippen molar-refractivity contribution in [2.24, 2.45) is 0 Å². The Labute approximate surface area is 107 Å². The molecule has 0 spiro atoms. The summed E-state index contributed by atoms with van der Waals surface area (Å²) < 4.78 is 27.1. The van der Waals surface area contributed by atoms with Crippen LogP contribution in [0.1, 0.15) is 6.92 Å². The van der Waals surface area contributed by atoms with E-state index in [0.29, 0.717) is 0 Å². The van der Waals surface area contributed by atoms with Gasteiger partial charge in [0.2, 0.25) is 0 Å². The molecular formula is C9H9NO8S. The van der Waals surface area contributed by atoms with Gasteiger partial charge in [0.1, 0.15) is 4.90 Å². The summed E-state index contributed by atoms with van der Waals surface area (Å²) in [5.74, 6) is 0. The van der Waals surface area contributed by atoms with E-state index in [2.05, 4.69) is 14.0 Å². The van der Waals surface area contributed by atoms with Crippen LogP contribution >= 0.6 is 0 Å². The van der Waals surface area contributed by atoms with Crippen molar-refractivity contribution < 1.29 is 32.1 Å². The predicted molar refractivity (Wildman–Crippen MR) is 59.5 cm³/mol. The van der Waals surface area contributed by atoms with Crippen LogP contribution in [0.5, 0.6) is 0 Å². The van der Waals surface area contributed by atoms with Crippen LogP contribution in [-0.4, -0.2) is 26.1 Å². The largest absolute Gasteiger partial charge is 0.556 e. The van der Waals surface area contributed by atoms with Gasteiger partial charge in [-0.1, -0.05) is 0 Å². The summed E-state index contributed by atoms with van der Waals surface area (Å²) >= 11 is 0. The molecule has 0 atom stereocenters. The molecule has 0 aromatic heterocycles. The van der Waals surface area contributed by atoms with Crippen molar-refractivity contribution in [2.75, 3.05) is 6.61 Å². The maximum atomic E-state index is 11.5. The second-order valence-corrected chi connectivity index (χ2v) is 4.57. The van der Waals surface area contributed by atoms with Crippen LogP contribution in [0.25, 0.3) is 0 Å². The molecule has 0 heterocycles. The SMILES string of the molecule is CCOOC(=O)OS(=O)(=O)c1ccc([N+](=O)[O-])cc1. The van der Waals surface area contributed by atoms with Gasteiger partial charge in [-0.2, -0.15) is 18.1 Å². The number of nitro groups is 1. The minimum atomic E-state index is -4.41. The second kappa shape index (κ2) is 6.11. The zero-order valence-electron chi connectivity index (χ0n) is 9.64. The summed E-state index contributed by atoms with van der Waals surface area (Å²) in [6, 6.07) is 3.79. The Morgan fingerprint density at radius 1 is 1.32 bits per heavy atom. The molecular weight excluding hydrogens is 282 g/mol. The number of nitrogens with zero attached hydrogens (tertiary/aromatic N) is 1. The van der Waals surface area contributed by atoms with E-state index in [1.54, 1.807) is 0 Å². The second-order valence-electron chi connectivity index (χ2n) is 3.03. The summed E-state index contributed by atoms with van der Waals surface area (Å²) in [6.07, 6.45) is -1.56. The van der Waals surface area contributed by atoms with Gasteiger partial charge < -0.3 is 4.18 Å². The van der Waals surface area contributed by atoms with Crippen LogP contribution < -0.4 is 0 Å². The first-order valence-electron chi connectivity index (χ1n) is 4.89. The first kappa shape index (κ1) is 14.9. The maximum Gasteiger partial charge on any atom is 0.556 e. The summed E-state index contributed by atoms with van der Waals surface area (Å²) in [7, 11) is -4.41. The number of nitro benzene ring substituents is 1. The summed E-state index contributed by atoms with van der Waals surface area (Å²) in [6.45, 7) is 1.53. The predicted octanol–water partition coefficient (Wildman–Crippen LogP) is 1.39. The molecule has 0 aliphatic rings. The fourth-order valence-corrected chi connectivity index (χ4v) is 1.77. The molecule has 10 heteroatoms. The Bertz CT molecular complexity index is 564. The number of benzene rings is 1. The van der Waals surface area contributed by atoms with Gasteiger partial charge in [-0.15, -0.1) is 0 Å². The first-order valence-corrected chi connectivity index (χ1v) is 6.30. The van der Waals surface area contributed by atoms with Crippen LogP contribution in [0, 0.1) is 10.1 Å². The third kappa shape index (κ3) is 4.19. The Morgan fingerprint density at radius 2 is 1.89 bits per heavy atom. The lowest BCUT2D eigenvalue weighted by atomic mass is 10.3. The molecule has 0 N–H and O–H groups in total. The average Bonchev–Trinajstić information content (AvgIpc) is 2.36. The maximum absolute atomic E-state index is 11.5. The minimum absolute atomic E-state index is 0.0205. The number of carbonyl (C=O) groups is 1. The number of hydrogen-bond donors (Lipinski definition) is 0. The third-order valence-electron chi connectivity index (χ3n) is 1.76. The number of carbonyl (C=O) groups excluding carboxylic acids is 1.